The molecule has 0 radical (unpaired) electrons. The molecule has 12 heteroatoms. The molecule has 2 aliphatic carbocycles. The molecular weight excluding hydrogens is 568 g/mol. The third kappa shape index (κ3) is 6.08. The van der Waals surface area contributed by atoms with Crippen molar-refractivity contribution in [3.05, 3.63) is 47.9 Å². The zero-order valence-corrected chi connectivity index (χ0v) is 25.1. The first-order chi connectivity index (χ1) is 20.7. The summed E-state index contributed by atoms with van der Waals surface area (Å²) >= 11 is 6.37. The molecule has 4 heterocycles. The van der Waals surface area contributed by atoms with Crippen molar-refractivity contribution in [1.29, 1.82) is 0 Å². The Bertz CT molecular complexity index is 1590. The summed E-state index contributed by atoms with van der Waals surface area (Å²) in [6, 6.07) is 3.34. The maximum atomic E-state index is 12.9. The normalized spacial score (nSPS) is 23.0. The number of amides is 2. The number of hydrogen-bond acceptors (Lipinski definition) is 6. The minimum Gasteiger partial charge on any atom is -0.463 e. The van der Waals surface area contributed by atoms with Crippen molar-refractivity contribution in [3.63, 3.8) is 0 Å². The molecule has 1 aliphatic heterocycles. The number of aromatic nitrogens is 4. The van der Waals surface area contributed by atoms with Crippen LogP contribution in [-0.4, -0.2) is 73.0 Å². The van der Waals surface area contributed by atoms with E-state index in [1.807, 2.05) is 11.0 Å². The van der Waals surface area contributed by atoms with E-state index in [2.05, 4.69) is 32.9 Å². The van der Waals surface area contributed by atoms with E-state index in [4.69, 9.17) is 27.3 Å². The smallest absolute Gasteiger partial charge is 0.433 e. The summed E-state index contributed by atoms with van der Waals surface area (Å²) in [5, 5.41) is 9.71. The molecule has 3 N–H and O–H groups in total. The molecule has 6 rings (SSSR count). The molecular formula is C31H37ClN8O3. The van der Waals surface area contributed by atoms with Crippen molar-refractivity contribution < 1.29 is 14.7 Å². The van der Waals surface area contributed by atoms with E-state index in [0.29, 0.717) is 53.3 Å². The van der Waals surface area contributed by atoms with Crippen molar-refractivity contribution in [2.24, 2.45) is 28.5 Å². The van der Waals surface area contributed by atoms with Crippen LogP contribution in [0.3, 0.4) is 0 Å². The molecule has 11 nitrogen and oxygen atoms in total. The second-order valence-corrected chi connectivity index (χ2v) is 12.5. The molecule has 226 valence electrons. The highest BCUT2D eigenvalue weighted by atomic mass is 35.5. The van der Waals surface area contributed by atoms with E-state index >= 15 is 0 Å². The fourth-order valence-corrected chi connectivity index (χ4v) is 6.56. The standard InChI is InChI=1S/C31H37ClN8O3/c1-3-23-17-38(29(41)20-8-9-20)10-11-39(23)30-36-24-13-25(28(33)37-31(42)43)35-26(21-12-22(32)15-34-14-21)27(24)40(30)16-19-6-4-18(2)5-7-19/h3,12-15,18-20,23H,1,4-11,16-17H2,2H3,(H2,33,37)(H,42,43). The number of halogens is 1. The summed E-state index contributed by atoms with van der Waals surface area (Å²) in [7, 11) is 0. The number of rotatable bonds is 7. The number of imidazole rings is 1. The van der Waals surface area contributed by atoms with Gasteiger partial charge in [0.25, 0.3) is 0 Å². The molecule has 3 aliphatic rings. The predicted octanol–water partition coefficient (Wildman–Crippen LogP) is 4.97. The number of nitrogens with two attached hydrogens (primary N) is 1. The molecule has 3 aromatic heterocycles. The summed E-state index contributed by atoms with van der Waals surface area (Å²) in [4.78, 5) is 46.2. The number of piperazine rings is 1. The zero-order valence-electron chi connectivity index (χ0n) is 24.3. The first-order valence-electron chi connectivity index (χ1n) is 15.0. The third-order valence-corrected chi connectivity index (χ3v) is 9.13. The maximum Gasteiger partial charge on any atom is 0.433 e. The van der Waals surface area contributed by atoms with Gasteiger partial charge in [-0.1, -0.05) is 37.4 Å². The number of aliphatic imine (C=N–C) groups is 1. The van der Waals surface area contributed by atoms with Gasteiger partial charge in [0.1, 0.15) is 5.69 Å². The largest absolute Gasteiger partial charge is 0.463 e. The Balaban J connectivity index is 1.51. The first-order valence-corrected chi connectivity index (χ1v) is 15.4. The van der Waals surface area contributed by atoms with E-state index in [9.17, 15) is 14.7 Å². The van der Waals surface area contributed by atoms with Crippen LogP contribution in [0.5, 0.6) is 0 Å². The van der Waals surface area contributed by atoms with Gasteiger partial charge in [0.15, 0.2) is 5.84 Å². The number of nitrogens with zero attached hydrogens (tertiary/aromatic N) is 7. The molecule has 43 heavy (non-hydrogen) atoms. The van der Waals surface area contributed by atoms with Crippen molar-refractivity contribution in [2.45, 2.75) is 58.0 Å². The van der Waals surface area contributed by atoms with Gasteiger partial charge in [0, 0.05) is 50.1 Å². The summed E-state index contributed by atoms with van der Waals surface area (Å²) in [6.07, 6.45) is 10.2. The number of fused-ring (bicyclic) bond motifs is 1. The fraction of sp³-hybridized carbons (Fsp3) is 0.484. The Hall–Kier alpha value is -3.99. The van der Waals surface area contributed by atoms with Gasteiger partial charge in [-0.3, -0.25) is 9.78 Å². The number of amidine groups is 1. The van der Waals surface area contributed by atoms with Gasteiger partial charge in [0.05, 0.1) is 27.8 Å². The van der Waals surface area contributed by atoms with E-state index < -0.39 is 6.09 Å². The van der Waals surface area contributed by atoms with Crippen LogP contribution in [0.25, 0.3) is 22.3 Å². The van der Waals surface area contributed by atoms with Crippen LogP contribution in [0.15, 0.2) is 42.2 Å². The van der Waals surface area contributed by atoms with Crippen LogP contribution in [0.2, 0.25) is 5.02 Å². The molecule has 0 aromatic carbocycles. The molecule has 0 spiro atoms. The van der Waals surface area contributed by atoms with Crippen LogP contribution in [0.1, 0.15) is 51.1 Å². The quantitative estimate of drug-likeness (QED) is 0.219. The number of carbonyl (C=O) groups is 2. The molecule has 2 amide bonds. The number of hydrogen-bond donors (Lipinski definition) is 2. The van der Waals surface area contributed by atoms with Gasteiger partial charge >= 0.3 is 6.09 Å². The number of anilines is 1. The molecule has 1 saturated heterocycles. The summed E-state index contributed by atoms with van der Waals surface area (Å²) in [5.41, 5.74) is 8.92. The maximum absolute atomic E-state index is 12.9. The number of carboxylic acid groups (broad SMARTS) is 1. The van der Waals surface area contributed by atoms with Gasteiger partial charge < -0.3 is 25.2 Å². The SMILES string of the molecule is C=CC1CN(C(=O)C2CC2)CCN1c1nc2cc(C(N)=NC(=O)O)nc(-c3cncc(Cl)c3)c2n1CC1CCC(C)CC1. The van der Waals surface area contributed by atoms with Crippen LogP contribution in [0.4, 0.5) is 10.7 Å². The Morgan fingerprint density at radius 2 is 1.91 bits per heavy atom. The fourth-order valence-electron chi connectivity index (χ4n) is 6.39. The molecule has 1 atom stereocenters. The van der Waals surface area contributed by atoms with Crippen LogP contribution in [0, 0.1) is 17.8 Å². The van der Waals surface area contributed by atoms with Crippen molar-refractivity contribution >= 4 is 46.4 Å². The van der Waals surface area contributed by atoms with Gasteiger partial charge in [-0.2, -0.15) is 4.99 Å². The first kappa shape index (κ1) is 29.1. The van der Waals surface area contributed by atoms with E-state index in [1.165, 1.54) is 12.8 Å². The van der Waals surface area contributed by atoms with Crippen molar-refractivity contribution in [3.8, 4) is 11.3 Å². The predicted molar refractivity (Wildman–Crippen MR) is 166 cm³/mol. The zero-order chi connectivity index (χ0) is 30.2. The lowest BCUT2D eigenvalue weighted by molar-refractivity contribution is -0.133. The summed E-state index contributed by atoms with van der Waals surface area (Å²) < 4.78 is 2.24. The average molecular weight is 605 g/mol. The molecule has 3 aromatic rings. The Morgan fingerprint density at radius 3 is 2.58 bits per heavy atom. The highest BCUT2D eigenvalue weighted by Gasteiger charge is 2.38. The Labute approximate surface area is 255 Å². The van der Waals surface area contributed by atoms with Crippen LogP contribution < -0.4 is 10.6 Å². The summed E-state index contributed by atoms with van der Waals surface area (Å²) in [5.74, 6) is 2.10. The Morgan fingerprint density at radius 1 is 1.14 bits per heavy atom. The average Bonchev–Trinajstić information content (AvgIpc) is 3.78. The van der Waals surface area contributed by atoms with Gasteiger partial charge in [0.2, 0.25) is 11.9 Å². The van der Waals surface area contributed by atoms with Crippen molar-refractivity contribution in [2.75, 3.05) is 24.5 Å². The number of carbonyl (C=O) groups excluding carboxylic acids is 1. The van der Waals surface area contributed by atoms with Crippen LogP contribution in [-0.2, 0) is 11.3 Å². The van der Waals surface area contributed by atoms with E-state index in [0.717, 1.165) is 43.7 Å². The third-order valence-electron chi connectivity index (χ3n) is 8.92. The lowest BCUT2D eigenvalue weighted by atomic mass is 9.83. The lowest BCUT2D eigenvalue weighted by Crippen LogP contribution is -2.55. The topological polar surface area (TPSA) is 143 Å². The summed E-state index contributed by atoms with van der Waals surface area (Å²) in [6.45, 7) is 8.94. The molecule has 1 unspecified atom stereocenters. The molecule has 3 fully saturated rings. The minimum atomic E-state index is -1.41. The van der Waals surface area contributed by atoms with E-state index in [1.54, 1.807) is 24.5 Å². The lowest BCUT2D eigenvalue weighted by Gasteiger charge is -2.41. The minimum absolute atomic E-state index is 0.124. The van der Waals surface area contributed by atoms with Gasteiger partial charge in [-0.05, 0) is 49.7 Å². The van der Waals surface area contributed by atoms with E-state index in [-0.39, 0.29) is 29.4 Å². The second kappa shape index (κ2) is 11.9. The molecule has 2 saturated carbocycles. The van der Waals surface area contributed by atoms with Gasteiger partial charge in [-0.25, -0.2) is 14.8 Å². The van der Waals surface area contributed by atoms with Crippen LogP contribution >= 0.6 is 11.6 Å². The number of pyridine rings is 2. The Kier molecular flexibility index (Phi) is 8.09. The monoisotopic (exact) mass is 604 g/mol. The highest BCUT2D eigenvalue weighted by Crippen LogP contribution is 2.38. The second-order valence-electron chi connectivity index (χ2n) is 12.1. The van der Waals surface area contributed by atoms with Crippen molar-refractivity contribution in [1.82, 2.24) is 24.4 Å². The highest BCUT2D eigenvalue weighted by molar-refractivity contribution is 6.30. The molecule has 0 bridgehead atoms. The van der Waals surface area contributed by atoms with Gasteiger partial charge in [-0.15, -0.1) is 6.58 Å².